The van der Waals surface area contributed by atoms with E-state index in [-0.39, 0.29) is 34.8 Å². The van der Waals surface area contributed by atoms with E-state index in [0.717, 1.165) is 25.7 Å². The number of fused-ring (bicyclic) bond motifs is 2. The Balaban J connectivity index is 0.000000249. The molecule has 4 saturated carbocycles. The molecule has 0 aromatic heterocycles. The lowest BCUT2D eigenvalue weighted by atomic mass is 9.67. The van der Waals surface area contributed by atoms with E-state index in [1.54, 1.807) is 0 Å². The molecule has 0 aliphatic heterocycles. The fourth-order valence-corrected chi connectivity index (χ4v) is 8.85. The molecule has 232 valence electrons. The lowest BCUT2D eigenvalue weighted by Crippen LogP contribution is -2.67. The summed E-state index contributed by atoms with van der Waals surface area (Å²) in [4.78, 5) is 23.8. The monoisotopic (exact) mass is 644 g/mol. The van der Waals surface area contributed by atoms with Crippen LogP contribution in [0.4, 0.5) is 26.3 Å². The number of thiol groups is 1. The van der Waals surface area contributed by atoms with Gasteiger partial charge in [0.1, 0.15) is 11.9 Å². The SMILES string of the molecule is CC1CCCCC1(S)C1CCCCC1=O.O=C(OC1CC2CC1CC2CCl)C(C(F)(F)F)(C(F)(F)F)S(=O)(=O)O. The van der Waals surface area contributed by atoms with Gasteiger partial charge >= 0.3 is 33.2 Å². The maximum atomic E-state index is 13.0. The highest BCUT2D eigenvalue weighted by Gasteiger charge is 2.85. The number of carbonyl (C=O) groups excluding carboxylic acids is 2. The standard InChI is InChI=1S/C13H22OS.C12H13ClF6O5S/c1-10-6-4-5-9-13(10,15)11-7-2-3-8-12(11)14;13-4-7-2-6-1-5(7)3-8(6)24-9(20)10(11(14,15)16,12(17,18)19)25(21,22)23/h10-11,15H,2-9H2,1H3;5-8H,1-4H2,(H,21,22,23). The van der Waals surface area contributed by atoms with Crippen molar-refractivity contribution < 1.29 is 53.6 Å². The minimum atomic E-state index is -6.96. The average Bonchev–Trinajstić information content (AvgIpc) is 3.39. The Hall–Kier alpha value is -0.730. The number of hydrogen-bond donors (Lipinski definition) is 2. The van der Waals surface area contributed by atoms with Gasteiger partial charge in [-0.25, -0.2) is 4.79 Å². The highest BCUT2D eigenvalue weighted by atomic mass is 35.5. The molecule has 1 N–H and O–H groups in total. The molecule has 15 heteroatoms. The number of alkyl halides is 7. The van der Waals surface area contributed by atoms with Crippen LogP contribution in [-0.2, 0) is 24.4 Å². The summed E-state index contributed by atoms with van der Waals surface area (Å²) < 4.78 is 107. The first kappa shape index (κ1) is 33.8. The van der Waals surface area contributed by atoms with Crippen LogP contribution in [0.25, 0.3) is 0 Å². The molecule has 40 heavy (non-hydrogen) atoms. The third-order valence-corrected chi connectivity index (χ3v) is 12.1. The van der Waals surface area contributed by atoms with Crippen LogP contribution in [0.15, 0.2) is 0 Å². The molecular weight excluding hydrogens is 610 g/mol. The summed E-state index contributed by atoms with van der Waals surface area (Å²) in [6.45, 7) is 2.29. The van der Waals surface area contributed by atoms with Gasteiger partial charge in [-0.1, -0.05) is 26.2 Å². The Morgan fingerprint density at radius 1 is 1.02 bits per heavy atom. The third kappa shape index (κ3) is 6.15. The van der Waals surface area contributed by atoms with Crippen LogP contribution in [0.3, 0.4) is 0 Å². The van der Waals surface area contributed by atoms with Crippen LogP contribution in [0, 0.1) is 29.6 Å². The summed E-state index contributed by atoms with van der Waals surface area (Å²) in [6.07, 6.45) is -4.64. The average molecular weight is 645 g/mol. The van der Waals surface area contributed by atoms with E-state index in [1.165, 1.54) is 25.7 Å². The Labute approximate surface area is 240 Å². The zero-order valence-electron chi connectivity index (χ0n) is 21.9. The molecule has 0 spiro atoms. The van der Waals surface area contributed by atoms with E-state index in [9.17, 15) is 44.3 Å². The summed E-state index contributed by atoms with van der Waals surface area (Å²) in [6, 6.07) is 0. The molecule has 0 amide bonds. The van der Waals surface area contributed by atoms with E-state index >= 15 is 0 Å². The van der Waals surface area contributed by atoms with Gasteiger partial charge in [0, 0.05) is 23.0 Å². The van der Waals surface area contributed by atoms with E-state index in [4.69, 9.17) is 28.8 Å². The van der Waals surface area contributed by atoms with Crippen molar-refractivity contribution in [1.29, 1.82) is 0 Å². The van der Waals surface area contributed by atoms with Crippen LogP contribution in [-0.4, -0.2) is 58.6 Å². The number of hydrogen-bond acceptors (Lipinski definition) is 6. The molecule has 2 bridgehead atoms. The second-order valence-electron chi connectivity index (χ2n) is 11.6. The molecule has 4 aliphatic rings. The summed E-state index contributed by atoms with van der Waals surface area (Å²) in [5, 5.41) is 0. The normalized spacial score (nSPS) is 35.2. The van der Waals surface area contributed by atoms with Crippen LogP contribution in [0.1, 0.15) is 77.6 Å². The second kappa shape index (κ2) is 12.1. The van der Waals surface area contributed by atoms with Gasteiger partial charge in [-0.15, -0.1) is 11.6 Å². The summed E-state index contributed by atoms with van der Waals surface area (Å²) in [5.74, 6) is -2.10. The third-order valence-electron chi connectivity index (χ3n) is 9.34. The van der Waals surface area contributed by atoms with Crippen molar-refractivity contribution in [3.8, 4) is 0 Å². The molecule has 0 saturated heterocycles. The first-order valence-electron chi connectivity index (χ1n) is 13.4. The molecule has 0 heterocycles. The number of rotatable bonds is 5. The zero-order valence-corrected chi connectivity index (χ0v) is 24.4. The summed E-state index contributed by atoms with van der Waals surface area (Å²) in [7, 11) is -6.96. The Kier molecular flexibility index (Phi) is 10.2. The molecular formula is C25H35ClF6O6S2. The fraction of sp³-hybridized carbons (Fsp3) is 0.920. The Morgan fingerprint density at radius 2 is 1.62 bits per heavy atom. The molecule has 7 unspecified atom stereocenters. The maximum absolute atomic E-state index is 13.0. The molecule has 4 rings (SSSR count). The maximum Gasteiger partial charge on any atom is 0.430 e. The molecule has 0 aromatic carbocycles. The van der Waals surface area contributed by atoms with Crippen LogP contribution >= 0.6 is 24.2 Å². The van der Waals surface area contributed by atoms with Gasteiger partial charge < -0.3 is 4.74 Å². The molecule has 0 radical (unpaired) electrons. The number of esters is 1. The summed E-state index contributed by atoms with van der Waals surface area (Å²) >= 11 is 10.6. The quantitative estimate of drug-likeness (QED) is 0.116. The predicted octanol–water partition coefficient (Wildman–Crippen LogP) is 6.56. The Morgan fingerprint density at radius 3 is 2.08 bits per heavy atom. The lowest BCUT2D eigenvalue weighted by Gasteiger charge is -2.45. The lowest BCUT2D eigenvalue weighted by molar-refractivity contribution is -0.270. The van der Waals surface area contributed by atoms with Gasteiger partial charge in [0.15, 0.2) is 0 Å². The van der Waals surface area contributed by atoms with E-state index in [2.05, 4.69) is 11.7 Å². The van der Waals surface area contributed by atoms with Gasteiger partial charge in [0.25, 0.3) is 0 Å². The largest absolute Gasteiger partial charge is 0.460 e. The van der Waals surface area contributed by atoms with Gasteiger partial charge in [0.05, 0.1) is 0 Å². The molecule has 0 aromatic rings. The van der Waals surface area contributed by atoms with Gasteiger partial charge in [-0.3, -0.25) is 9.35 Å². The van der Waals surface area contributed by atoms with Crippen LogP contribution in [0.2, 0.25) is 0 Å². The second-order valence-corrected chi connectivity index (χ2v) is 14.3. The minimum absolute atomic E-state index is 0.00887. The van der Waals surface area contributed by atoms with Crippen LogP contribution in [0.5, 0.6) is 0 Å². The molecule has 6 nitrogen and oxygen atoms in total. The first-order chi connectivity index (χ1) is 18.3. The van der Waals surface area contributed by atoms with E-state index in [1.807, 2.05) is 0 Å². The van der Waals surface area contributed by atoms with Crippen molar-refractivity contribution >= 4 is 46.1 Å². The van der Waals surface area contributed by atoms with E-state index < -0.39 is 45.2 Å². The fourth-order valence-electron chi connectivity index (χ4n) is 7.07. The number of ether oxygens (including phenoxy) is 1. The minimum Gasteiger partial charge on any atom is -0.460 e. The van der Waals surface area contributed by atoms with Gasteiger partial charge in [-0.05, 0) is 68.6 Å². The van der Waals surface area contributed by atoms with Crippen molar-refractivity contribution in [1.82, 2.24) is 0 Å². The van der Waals surface area contributed by atoms with Gasteiger partial charge in [-0.2, -0.15) is 47.4 Å². The topological polar surface area (TPSA) is 97.7 Å². The van der Waals surface area contributed by atoms with E-state index in [0.29, 0.717) is 24.5 Å². The number of ketones is 1. The number of carbonyl (C=O) groups is 2. The van der Waals surface area contributed by atoms with Crippen molar-refractivity contribution in [2.45, 2.75) is 106 Å². The molecule has 4 fully saturated rings. The molecule has 4 aliphatic carbocycles. The van der Waals surface area contributed by atoms with Gasteiger partial charge in [0.2, 0.25) is 0 Å². The number of Topliss-reactive ketones (excluding diaryl/α,β-unsaturated/α-hetero) is 1. The molecule has 7 atom stereocenters. The first-order valence-corrected chi connectivity index (χ1v) is 15.9. The smallest absolute Gasteiger partial charge is 0.430 e. The predicted molar refractivity (Wildman–Crippen MR) is 138 cm³/mol. The van der Waals surface area contributed by atoms with Crippen LogP contribution < -0.4 is 0 Å². The van der Waals surface area contributed by atoms with Crippen molar-refractivity contribution in [3.05, 3.63) is 0 Å². The highest BCUT2D eigenvalue weighted by Crippen LogP contribution is 2.53. The van der Waals surface area contributed by atoms with Crippen molar-refractivity contribution in [2.75, 3.05) is 5.88 Å². The highest BCUT2D eigenvalue weighted by molar-refractivity contribution is 7.88. The zero-order chi connectivity index (χ0) is 30.3. The number of halogens is 7. The Bertz CT molecular complexity index is 1040. The summed E-state index contributed by atoms with van der Waals surface area (Å²) in [5.41, 5.74) is 0. The van der Waals surface area contributed by atoms with Crippen molar-refractivity contribution in [3.63, 3.8) is 0 Å². The van der Waals surface area contributed by atoms with Crippen molar-refractivity contribution in [2.24, 2.45) is 29.6 Å².